The molecule has 1 heterocycles. The number of aromatic nitrogens is 2. The zero-order valence-corrected chi connectivity index (χ0v) is 12.7. The van der Waals surface area contributed by atoms with E-state index in [0.29, 0.717) is 28.7 Å². The van der Waals surface area contributed by atoms with Crippen LogP contribution >= 0.6 is 23.4 Å². The van der Waals surface area contributed by atoms with Crippen LogP contribution in [0.5, 0.6) is 0 Å². The summed E-state index contributed by atoms with van der Waals surface area (Å²) in [6.45, 7) is 0.529. The summed E-state index contributed by atoms with van der Waals surface area (Å²) in [5, 5.41) is 9.89. The standard InChI is InChI=1S/C13H14ClN3O3S/c14-8-3-1-4-9-12(8)16-13(21-7-11(19)20)17(9)6-2-5-10(15)18/h1,3-4H,2,5-7H2,(H2,15,18)(H,19,20). The Kier molecular flexibility index (Phi) is 5.08. The minimum Gasteiger partial charge on any atom is -0.481 e. The maximum absolute atomic E-state index is 10.8. The molecule has 8 heteroatoms. The highest BCUT2D eigenvalue weighted by Gasteiger charge is 2.14. The summed E-state index contributed by atoms with van der Waals surface area (Å²) in [4.78, 5) is 26.0. The molecule has 0 fully saturated rings. The normalized spacial score (nSPS) is 10.9. The molecule has 0 saturated carbocycles. The lowest BCUT2D eigenvalue weighted by Crippen LogP contribution is -2.12. The highest BCUT2D eigenvalue weighted by molar-refractivity contribution is 7.99. The van der Waals surface area contributed by atoms with Crippen molar-refractivity contribution in [2.75, 3.05) is 5.75 Å². The van der Waals surface area contributed by atoms with Crippen LogP contribution in [0.25, 0.3) is 11.0 Å². The van der Waals surface area contributed by atoms with Crippen molar-refractivity contribution in [2.24, 2.45) is 5.73 Å². The topological polar surface area (TPSA) is 98.2 Å². The van der Waals surface area contributed by atoms with Gasteiger partial charge in [-0.05, 0) is 18.6 Å². The molecule has 0 unspecified atom stereocenters. The van der Waals surface area contributed by atoms with Gasteiger partial charge in [0.2, 0.25) is 5.91 Å². The SMILES string of the molecule is NC(=O)CCCn1c(SCC(=O)O)nc2c(Cl)cccc21. The summed E-state index contributed by atoms with van der Waals surface area (Å²) in [6, 6.07) is 5.40. The molecule has 0 bridgehead atoms. The molecule has 3 N–H and O–H groups in total. The summed E-state index contributed by atoms with van der Waals surface area (Å²) < 4.78 is 1.87. The zero-order chi connectivity index (χ0) is 15.4. The molecule has 2 rings (SSSR count). The van der Waals surface area contributed by atoms with Crippen molar-refractivity contribution in [1.82, 2.24) is 9.55 Å². The van der Waals surface area contributed by atoms with Gasteiger partial charge in [-0.15, -0.1) is 0 Å². The van der Waals surface area contributed by atoms with Crippen molar-refractivity contribution in [1.29, 1.82) is 0 Å². The van der Waals surface area contributed by atoms with Crippen molar-refractivity contribution in [3.63, 3.8) is 0 Å². The molecule has 0 aliphatic rings. The van der Waals surface area contributed by atoms with Crippen LogP contribution in [-0.4, -0.2) is 32.3 Å². The van der Waals surface area contributed by atoms with E-state index in [0.717, 1.165) is 17.3 Å². The number of aliphatic carboxylic acids is 1. The number of nitrogens with zero attached hydrogens (tertiary/aromatic N) is 2. The first kappa shape index (κ1) is 15.7. The van der Waals surface area contributed by atoms with Crippen LogP contribution in [0.4, 0.5) is 0 Å². The molecule has 0 saturated heterocycles. The average Bonchev–Trinajstić information content (AvgIpc) is 2.76. The lowest BCUT2D eigenvalue weighted by Gasteiger charge is -2.07. The van der Waals surface area contributed by atoms with Crippen molar-refractivity contribution < 1.29 is 14.7 Å². The van der Waals surface area contributed by atoms with Gasteiger partial charge in [-0.1, -0.05) is 29.4 Å². The first-order chi connectivity index (χ1) is 9.99. The lowest BCUT2D eigenvalue weighted by atomic mass is 10.3. The number of thioether (sulfide) groups is 1. The van der Waals surface area contributed by atoms with Gasteiger partial charge in [-0.2, -0.15) is 0 Å². The first-order valence-electron chi connectivity index (χ1n) is 6.26. The van der Waals surface area contributed by atoms with Gasteiger partial charge in [0.1, 0.15) is 5.52 Å². The average molecular weight is 328 g/mol. The van der Waals surface area contributed by atoms with Crippen LogP contribution in [0.2, 0.25) is 5.02 Å². The van der Waals surface area contributed by atoms with Gasteiger partial charge in [0.25, 0.3) is 0 Å². The number of hydrogen-bond acceptors (Lipinski definition) is 4. The number of aryl methyl sites for hydroxylation is 1. The smallest absolute Gasteiger partial charge is 0.313 e. The molecule has 1 aromatic carbocycles. The van der Waals surface area contributed by atoms with E-state index in [1.165, 1.54) is 0 Å². The number of para-hydroxylation sites is 1. The number of carboxylic acids is 1. The Morgan fingerprint density at radius 1 is 1.43 bits per heavy atom. The molecule has 0 spiro atoms. The van der Waals surface area contributed by atoms with Crippen LogP contribution in [0.1, 0.15) is 12.8 Å². The Morgan fingerprint density at radius 2 is 2.19 bits per heavy atom. The number of nitrogens with two attached hydrogens (primary N) is 1. The van der Waals surface area contributed by atoms with Gasteiger partial charge in [-0.25, -0.2) is 4.98 Å². The van der Waals surface area contributed by atoms with E-state index < -0.39 is 5.97 Å². The van der Waals surface area contributed by atoms with E-state index in [-0.39, 0.29) is 18.1 Å². The second-order valence-electron chi connectivity index (χ2n) is 4.41. The molecule has 6 nitrogen and oxygen atoms in total. The molecule has 21 heavy (non-hydrogen) atoms. The fourth-order valence-corrected chi connectivity index (χ4v) is 2.92. The van der Waals surface area contributed by atoms with Crippen LogP contribution in [-0.2, 0) is 16.1 Å². The molecular weight excluding hydrogens is 314 g/mol. The van der Waals surface area contributed by atoms with Crippen LogP contribution in [0.15, 0.2) is 23.4 Å². The van der Waals surface area contributed by atoms with Crippen molar-refractivity contribution in [3.05, 3.63) is 23.2 Å². The number of benzene rings is 1. The minimum atomic E-state index is -0.915. The van der Waals surface area contributed by atoms with Crippen LogP contribution in [0.3, 0.4) is 0 Å². The molecule has 1 amide bonds. The van der Waals surface area contributed by atoms with Gasteiger partial charge in [0.05, 0.1) is 16.3 Å². The third-order valence-electron chi connectivity index (χ3n) is 2.82. The Labute approximate surface area is 130 Å². The molecular formula is C13H14ClN3O3S. The number of rotatable bonds is 7. The fraction of sp³-hybridized carbons (Fsp3) is 0.308. The maximum atomic E-state index is 10.8. The molecule has 0 aliphatic carbocycles. The number of carboxylic acid groups (broad SMARTS) is 1. The number of carbonyl (C=O) groups is 2. The van der Waals surface area contributed by atoms with Crippen LogP contribution < -0.4 is 5.73 Å². The van der Waals surface area contributed by atoms with Gasteiger partial charge in [0.15, 0.2) is 5.16 Å². The lowest BCUT2D eigenvalue weighted by molar-refractivity contribution is -0.133. The zero-order valence-electron chi connectivity index (χ0n) is 11.1. The van der Waals surface area contributed by atoms with Gasteiger partial charge in [-0.3, -0.25) is 9.59 Å². The first-order valence-corrected chi connectivity index (χ1v) is 7.63. The van der Waals surface area contributed by atoms with E-state index in [9.17, 15) is 9.59 Å². The Hall–Kier alpha value is -1.73. The fourth-order valence-electron chi connectivity index (χ4n) is 1.96. The summed E-state index contributed by atoms with van der Waals surface area (Å²) >= 11 is 7.24. The van der Waals surface area contributed by atoms with Crippen molar-refractivity contribution >= 4 is 46.3 Å². The monoisotopic (exact) mass is 327 g/mol. The molecule has 2 aromatic rings. The Morgan fingerprint density at radius 3 is 2.86 bits per heavy atom. The largest absolute Gasteiger partial charge is 0.481 e. The van der Waals surface area contributed by atoms with E-state index in [1.807, 2.05) is 16.7 Å². The van der Waals surface area contributed by atoms with E-state index in [4.69, 9.17) is 22.4 Å². The van der Waals surface area contributed by atoms with Crippen LogP contribution in [0, 0.1) is 0 Å². The summed E-state index contributed by atoms with van der Waals surface area (Å²) in [7, 11) is 0. The molecule has 112 valence electrons. The predicted octanol–water partition coefficient (Wildman–Crippen LogP) is 2.13. The van der Waals surface area contributed by atoms with E-state index in [2.05, 4.69) is 4.98 Å². The highest BCUT2D eigenvalue weighted by atomic mass is 35.5. The molecule has 1 aromatic heterocycles. The maximum Gasteiger partial charge on any atom is 0.313 e. The molecule has 0 aliphatic heterocycles. The van der Waals surface area contributed by atoms with Gasteiger partial charge >= 0.3 is 5.97 Å². The number of fused-ring (bicyclic) bond motifs is 1. The van der Waals surface area contributed by atoms with Crippen molar-refractivity contribution in [2.45, 2.75) is 24.5 Å². The number of imidazole rings is 1. The highest BCUT2D eigenvalue weighted by Crippen LogP contribution is 2.29. The molecule has 0 radical (unpaired) electrons. The number of amides is 1. The molecule has 0 atom stereocenters. The number of halogens is 1. The van der Waals surface area contributed by atoms with Gasteiger partial charge < -0.3 is 15.4 Å². The summed E-state index contributed by atoms with van der Waals surface area (Å²) in [6.07, 6.45) is 0.831. The summed E-state index contributed by atoms with van der Waals surface area (Å²) in [5.74, 6) is -1.37. The predicted molar refractivity (Wildman–Crippen MR) is 81.5 cm³/mol. The quantitative estimate of drug-likeness (QED) is 0.759. The number of primary amides is 1. The van der Waals surface area contributed by atoms with Gasteiger partial charge in [0, 0.05) is 13.0 Å². The minimum absolute atomic E-state index is 0.0865. The van der Waals surface area contributed by atoms with Crippen molar-refractivity contribution in [3.8, 4) is 0 Å². The Balaban J connectivity index is 2.32. The third kappa shape index (κ3) is 3.89. The van der Waals surface area contributed by atoms with E-state index >= 15 is 0 Å². The second-order valence-corrected chi connectivity index (χ2v) is 5.76. The third-order valence-corrected chi connectivity index (χ3v) is 4.09. The number of carbonyl (C=O) groups excluding carboxylic acids is 1. The second kappa shape index (κ2) is 6.82. The van der Waals surface area contributed by atoms with E-state index in [1.54, 1.807) is 6.07 Å². The number of hydrogen-bond donors (Lipinski definition) is 2. The summed E-state index contributed by atoms with van der Waals surface area (Å²) in [5.41, 5.74) is 6.59. The Bertz CT molecular complexity index is 687.